The molecular weight excluding hydrogens is 312 g/mol. The number of hydrogen-bond acceptors (Lipinski definition) is 2. The Morgan fingerprint density at radius 1 is 1.00 bits per heavy atom. The van der Waals surface area contributed by atoms with E-state index in [-0.39, 0.29) is 10.8 Å². The molecule has 0 aliphatic heterocycles. The van der Waals surface area contributed by atoms with Crippen LogP contribution in [0.4, 0.5) is 0 Å². The molecule has 2 atom stereocenters. The highest BCUT2D eigenvalue weighted by molar-refractivity contribution is 6.16. The van der Waals surface area contributed by atoms with Gasteiger partial charge in [0.2, 0.25) is 0 Å². The Kier molecular flexibility index (Phi) is 7.60. The molecule has 2 nitrogen and oxygen atoms in total. The van der Waals surface area contributed by atoms with Crippen molar-refractivity contribution in [3.8, 4) is 0 Å². The highest BCUT2D eigenvalue weighted by Crippen LogP contribution is 2.57. The van der Waals surface area contributed by atoms with Gasteiger partial charge < -0.3 is 9.47 Å². The molecule has 1 rings (SSSR count). The van der Waals surface area contributed by atoms with E-state index >= 15 is 0 Å². The van der Waals surface area contributed by atoms with Crippen LogP contribution in [0.1, 0.15) is 93.9 Å². The minimum absolute atomic E-state index is 0.274. The third-order valence-electron chi connectivity index (χ3n) is 5.62. The van der Waals surface area contributed by atoms with E-state index in [0.29, 0.717) is 10.8 Å². The van der Waals surface area contributed by atoms with Gasteiger partial charge in [-0.15, -0.1) is 0 Å². The molecule has 1 aliphatic carbocycles. The summed E-state index contributed by atoms with van der Waals surface area (Å²) in [7, 11) is 1.15. The Labute approximate surface area is 154 Å². The predicted molar refractivity (Wildman–Crippen MR) is 109 cm³/mol. The van der Waals surface area contributed by atoms with E-state index in [1.165, 1.54) is 32.1 Å². The van der Waals surface area contributed by atoms with Gasteiger partial charge in [-0.3, -0.25) is 0 Å². The van der Waals surface area contributed by atoms with Crippen molar-refractivity contribution in [2.75, 3.05) is 13.2 Å². The molecule has 0 N–H and O–H groups in total. The van der Waals surface area contributed by atoms with Gasteiger partial charge in [-0.1, -0.05) is 41.5 Å². The van der Waals surface area contributed by atoms with Gasteiger partial charge in [-0.05, 0) is 62.7 Å². The summed E-state index contributed by atoms with van der Waals surface area (Å²) in [6.07, 6.45) is 7.44. The fourth-order valence-electron chi connectivity index (χ4n) is 5.75. The van der Waals surface area contributed by atoms with Crippen molar-refractivity contribution in [2.45, 2.75) is 105 Å². The molecule has 1 fully saturated rings. The molecule has 1 saturated carbocycles. The van der Waals surface area contributed by atoms with E-state index in [2.05, 4.69) is 55.4 Å². The van der Waals surface area contributed by atoms with Crippen LogP contribution < -0.4 is 0 Å². The molecule has 144 valence electrons. The van der Waals surface area contributed by atoms with Gasteiger partial charge in [0.25, 0.3) is 0 Å². The van der Waals surface area contributed by atoms with Crippen LogP contribution in [-0.4, -0.2) is 29.2 Å². The average molecular weight is 357 g/mol. The minimum Gasteiger partial charge on any atom is -0.350 e. The molecule has 0 aromatic carbocycles. The molecule has 2 unspecified atom stereocenters. The lowest BCUT2D eigenvalue weighted by molar-refractivity contribution is -0.249. The van der Waals surface area contributed by atoms with Crippen LogP contribution in [0, 0.1) is 16.7 Å². The van der Waals surface area contributed by atoms with Gasteiger partial charge >= 0.3 is 0 Å². The highest BCUT2D eigenvalue weighted by Gasteiger charge is 2.54. The van der Waals surface area contributed by atoms with E-state index in [1.54, 1.807) is 0 Å². The normalized spacial score (nSPS) is 26.0. The molecule has 0 spiro atoms. The first kappa shape index (κ1) is 22.2. The fraction of sp³-hybridized carbons (Fsp3) is 1.00. The summed E-state index contributed by atoms with van der Waals surface area (Å²) >= 11 is 0. The smallest absolute Gasteiger partial charge is 0.170 e. The second kappa shape index (κ2) is 8.22. The molecule has 0 amide bonds. The maximum Gasteiger partial charge on any atom is 0.170 e. The van der Waals surface area contributed by atoms with E-state index in [9.17, 15) is 0 Å². The maximum atomic E-state index is 6.27. The summed E-state index contributed by atoms with van der Waals surface area (Å²) in [6.45, 7) is 20.2. The Balaban J connectivity index is 2.81. The summed E-state index contributed by atoms with van der Waals surface area (Å²) in [5.41, 5.74) is 0.795. The van der Waals surface area contributed by atoms with Crippen LogP contribution in [0.15, 0.2) is 0 Å². The van der Waals surface area contributed by atoms with Crippen LogP contribution in [0.25, 0.3) is 0 Å². The topological polar surface area (TPSA) is 18.5 Å². The van der Waals surface area contributed by atoms with Gasteiger partial charge in [0.15, 0.2) is 5.79 Å². The quantitative estimate of drug-likeness (QED) is 0.410. The van der Waals surface area contributed by atoms with Crippen LogP contribution in [0.3, 0.4) is 0 Å². The minimum atomic E-state index is -0.300. The van der Waals surface area contributed by atoms with Crippen LogP contribution in [0.2, 0.25) is 5.04 Å². The van der Waals surface area contributed by atoms with Gasteiger partial charge in [-0.25, -0.2) is 0 Å². The molecule has 0 heterocycles. The second-order valence-corrected chi connectivity index (χ2v) is 12.4. The van der Waals surface area contributed by atoms with Crippen LogP contribution in [-0.2, 0) is 9.47 Å². The second-order valence-electron chi connectivity index (χ2n) is 10.4. The zero-order chi connectivity index (χ0) is 18.6. The van der Waals surface area contributed by atoms with E-state index in [1.807, 2.05) is 0 Å². The van der Waals surface area contributed by atoms with Gasteiger partial charge in [0.1, 0.15) is 0 Å². The molecule has 24 heavy (non-hydrogen) atoms. The van der Waals surface area contributed by atoms with Crippen molar-refractivity contribution in [2.24, 2.45) is 16.7 Å². The first-order chi connectivity index (χ1) is 10.9. The molecule has 0 aromatic rings. The summed E-state index contributed by atoms with van der Waals surface area (Å²) in [5, 5.41) is 0.274. The zero-order valence-corrected chi connectivity index (χ0v) is 20.1. The van der Waals surface area contributed by atoms with Crippen molar-refractivity contribution in [3.63, 3.8) is 0 Å². The van der Waals surface area contributed by atoms with Crippen LogP contribution in [0.5, 0.6) is 0 Å². The van der Waals surface area contributed by atoms with Crippen molar-refractivity contribution >= 4 is 10.2 Å². The summed E-state index contributed by atoms with van der Waals surface area (Å²) in [6, 6.07) is 0. The van der Waals surface area contributed by atoms with E-state index in [0.717, 1.165) is 35.8 Å². The van der Waals surface area contributed by atoms with Gasteiger partial charge in [0, 0.05) is 34.9 Å². The largest absolute Gasteiger partial charge is 0.350 e. The maximum absolute atomic E-state index is 6.27. The standard InChI is InChI=1S/C21H44O2Si/c1-9-22-21(23-10-2)13-11-12-20(21,24)15-17(3)14-19(7,8)16-18(4,5)6/h17H,9-16H2,1-8,24H3. The SMILES string of the molecule is CCOC1(OCC)CCCC1([SiH3])CC(C)CC(C)(C)CC(C)(C)C. The monoisotopic (exact) mass is 356 g/mol. The average Bonchev–Trinajstić information content (AvgIpc) is 2.62. The first-order valence-corrected chi connectivity index (χ1v) is 11.2. The molecule has 0 radical (unpaired) electrons. The molecular formula is C21H44O2Si. The Bertz CT molecular complexity index is 380. The molecule has 0 saturated heterocycles. The van der Waals surface area contributed by atoms with E-state index < -0.39 is 0 Å². The molecule has 0 aromatic heterocycles. The van der Waals surface area contributed by atoms with Crippen molar-refractivity contribution in [3.05, 3.63) is 0 Å². The summed E-state index contributed by atoms with van der Waals surface area (Å²) in [5.74, 6) is 0.420. The van der Waals surface area contributed by atoms with Gasteiger partial charge in [-0.2, -0.15) is 0 Å². The Hall–Kier alpha value is 0.137. The molecule has 1 aliphatic rings. The third-order valence-corrected chi connectivity index (χ3v) is 7.29. The number of ether oxygens (including phenoxy) is 2. The highest BCUT2D eigenvalue weighted by atomic mass is 28.1. The first-order valence-electron chi connectivity index (χ1n) is 10.2. The lowest BCUT2D eigenvalue weighted by atomic mass is 9.70. The fourth-order valence-corrected chi connectivity index (χ4v) is 7.34. The van der Waals surface area contributed by atoms with E-state index in [4.69, 9.17) is 9.47 Å². The van der Waals surface area contributed by atoms with Crippen molar-refractivity contribution in [1.29, 1.82) is 0 Å². The van der Waals surface area contributed by atoms with Crippen LogP contribution >= 0.6 is 0 Å². The van der Waals surface area contributed by atoms with Crippen molar-refractivity contribution < 1.29 is 9.47 Å². The predicted octanol–water partition coefficient (Wildman–Crippen LogP) is 5.34. The van der Waals surface area contributed by atoms with Gasteiger partial charge in [0.05, 0.1) is 0 Å². The summed E-state index contributed by atoms with van der Waals surface area (Å²) in [4.78, 5) is 0. The Morgan fingerprint density at radius 3 is 2.00 bits per heavy atom. The summed E-state index contributed by atoms with van der Waals surface area (Å²) < 4.78 is 12.5. The van der Waals surface area contributed by atoms with Crippen molar-refractivity contribution in [1.82, 2.24) is 0 Å². The molecule has 3 heteroatoms. The lowest BCUT2D eigenvalue weighted by Crippen LogP contribution is -2.45. The Morgan fingerprint density at radius 2 is 1.54 bits per heavy atom. The third kappa shape index (κ3) is 5.84. The lowest BCUT2D eigenvalue weighted by Gasteiger charge is -2.45. The number of hydrogen-bond donors (Lipinski definition) is 0. The molecule has 0 bridgehead atoms. The zero-order valence-electron chi connectivity index (χ0n) is 18.1. The number of rotatable bonds is 9.